The van der Waals surface area contributed by atoms with Gasteiger partial charge in [0.05, 0.1) is 0 Å². The van der Waals surface area contributed by atoms with E-state index >= 15 is 0 Å². The first-order chi connectivity index (χ1) is 8.18. The molecule has 1 amide bonds. The fraction of sp³-hybridized carbons (Fsp3) is 0.933. The molecule has 1 aliphatic rings. The van der Waals surface area contributed by atoms with E-state index in [-0.39, 0.29) is 28.1 Å². The quantitative estimate of drug-likeness (QED) is 0.765. The lowest BCUT2D eigenvalue weighted by atomic mass is 9.82. The lowest BCUT2D eigenvalue weighted by Crippen LogP contribution is -2.42. The van der Waals surface area contributed by atoms with Crippen molar-refractivity contribution in [3.05, 3.63) is 0 Å². The molecule has 1 aliphatic carbocycles. The lowest BCUT2D eigenvalue weighted by Gasteiger charge is -2.30. The molecule has 0 aliphatic heterocycles. The summed E-state index contributed by atoms with van der Waals surface area (Å²) in [5.74, 6) is 0.332. The standard InChI is InChI=1S/C15H30N2O/c1-7-15(8-2,9-16)10-17-12(18)11-13(3,4)14(11,5)6/h11H,7-10,16H2,1-6H3,(H,17,18). The molecule has 18 heavy (non-hydrogen) atoms. The molecule has 0 radical (unpaired) electrons. The van der Waals surface area contributed by atoms with Crippen molar-refractivity contribution >= 4 is 5.91 Å². The fourth-order valence-corrected chi connectivity index (χ4v) is 3.09. The summed E-state index contributed by atoms with van der Waals surface area (Å²) in [5, 5.41) is 3.13. The van der Waals surface area contributed by atoms with Crippen LogP contribution in [0.1, 0.15) is 54.4 Å². The van der Waals surface area contributed by atoms with Crippen LogP contribution in [0.3, 0.4) is 0 Å². The maximum atomic E-state index is 12.3. The molecule has 0 spiro atoms. The number of hydrogen-bond acceptors (Lipinski definition) is 2. The van der Waals surface area contributed by atoms with Crippen LogP contribution in [-0.4, -0.2) is 19.0 Å². The molecule has 0 unspecified atom stereocenters. The van der Waals surface area contributed by atoms with Crippen molar-refractivity contribution < 1.29 is 4.79 Å². The van der Waals surface area contributed by atoms with Gasteiger partial charge in [0, 0.05) is 12.5 Å². The van der Waals surface area contributed by atoms with Crippen LogP contribution in [0.25, 0.3) is 0 Å². The van der Waals surface area contributed by atoms with E-state index in [2.05, 4.69) is 46.9 Å². The molecular formula is C15H30N2O. The highest BCUT2D eigenvalue weighted by Gasteiger charge is 2.68. The summed E-state index contributed by atoms with van der Waals surface area (Å²) in [6.45, 7) is 14.3. The second-order valence-corrected chi connectivity index (χ2v) is 7.01. The van der Waals surface area contributed by atoms with E-state index in [0.717, 1.165) is 12.8 Å². The van der Waals surface area contributed by atoms with Gasteiger partial charge >= 0.3 is 0 Å². The Labute approximate surface area is 112 Å². The third kappa shape index (κ3) is 2.29. The molecule has 0 aromatic rings. The van der Waals surface area contributed by atoms with E-state index in [1.54, 1.807) is 0 Å². The van der Waals surface area contributed by atoms with Crippen molar-refractivity contribution in [3.8, 4) is 0 Å². The van der Waals surface area contributed by atoms with Crippen molar-refractivity contribution in [2.24, 2.45) is 27.9 Å². The van der Waals surface area contributed by atoms with E-state index < -0.39 is 0 Å². The highest BCUT2D eigenvalue weighted by atomic mass is 16.2. The summed E-state index contributed by atoms with van der Waals surface area (Å²) in [7, 11) is 0. The molecule has 3 N–H and O–H groups in total. The fourth-order valence-electron chi connectivity index (χ4n) is 3.09. The first kappa shape index (κ1) is 15.5. The van der Waals surface area contributed by atoms with Crippen LogP contribution < -0.4 is 11.1 Å². The van der Waals surface area contributed by atoms with Gasteiger partial charge in [-0.3, -0.25) is 4.79 Å². The van der Waals surface area contributed by atoms with Crippen LogP contribution in [-0.2, 0) is 4.79 Å². The molecule has 3 nitrogen and oxygen atoms in total. The molecule has 1 fully saturated rings. The summed E-state index contributed by atoms with van der Waals surface area (Å²) in [6, 6.07) is 0. The highest BCUT2D eigenvalue weighted by molar-refractivity contribution is 5.84. The molecule has 3 heteroatoms. The van der Waals surface area contributed by atoms with Gasteiger partial charge in [0.2, 0.25) is 5.91 Å². The SMILES string of the molecule is CCC(CC)(CN)CNC(=O)C1C(C)(C)C1(C)C. The van der Waals surface area contributed by atoms with Gasteiger partial charge < -0.3 is 11.1 Å². The van der Waals surface area contributed by atoms with E-state index in [4.69, 9.17) is 5.73 Å². The topological polar surface area (TPSA) is 55.1 Å². The largest absolute Gasteiger partial charge is 0.355 e. The number of hydrogen-bond donors (Lipinski definition) is 2. The van der Waals surface area contributed by atoms with Gasteiger partial charge in [-0.15, -0.1) is 0 Å². The van der Waals surface area contributed by atoms with Gasteiger partial charge in [-0.2, -0.15) is 0 Å². The number of amides is 1. The summed E-state index contributed by atoms with van der Waals surface area (Å²) < 4.78 is 0. The van der Waals surface area contributed by atoms with Gasteiger partial charge in [-0.1, -0.05) is 41.5 Å². The van der Waals surface area contributed by atoms with Crippen molar-refractivity contribution in [2.45, 2.75) is 54.4 Å². The Kier molecular flexibility index (Phi) is 4.16. The Bertz CT molecular complexity index is 294. The molecule has 1 rings (SSSR count). The maximum absolute atomic E-state index is 12.3. The average Bonchev–Trinajstić information content (AvgIpc) is 2.72. The first-order valence-corrected chi connectivity index (χ1v) is 7.16. The summed E-state index contributed by atoms with van der Waals surface area (Å²) in [6.07, 6.45) is 2.02. The van der Waals surface area contributed by atoms with Crippen molar-refractivity contribution in [3.63, 3.8) is 0 Å². The van der Waals surface area contributed by atoms with Crippen molar-refractivity contribution in [1.29, 1.82) is 0 Å². The molecule has 0 atom stereocenters. The Morgan fingerprint density at radius 2 is 1.61 bits per heavy atom. The van der Waals surface area contributed by atoms with Crippen LogP contribution in [0, 0.1) is 22.2 Å². The lowest BCUT2D eigenvalue weighted by molar-refractivity contribution is -0.124. The number of rotatable bonds is 6. The van der Waals surface area contributed by atoms with Crippen LogP contribution in [0.2, 0.25) is 0 Å². The minimum Gasteiger partial charge on any atom is -0.355 e. The van der Waals surface area contributed by atoms with Gasteiger partial charge in [-0.25, -0.2) is 0 Å². The number of nitrogens with one attached hydrogen (secondary N) is 1. The van der Waals surface area contributed by atoms with Crippen LogP contribution in [0.15, 0.2) is 0 Å². The minimum atomic E-state index is 0.0683. The summed E-state index contributed by atoms with van der Waals surface area (Å²) >= 11 is 0. The maximum Gasteiger partial charge on any atom is 0.224 e. The molecular weight excluding hydrogens is 224 g/mol. The van der Waals surface area contributed by atoms with Gasteiger partial charge in [0.25, 0.3) is 0 Å². The van der Waals surface area contributed by atoms with Crippen LogP contribution >= 0.6 is 0 Å². The molecule has 1 saturated carbocycles. The Morgan fingerprint density at radius 3 is 1.89 bits per heavy atom. The number of carbonyl (C=O) groups excluding carboxylic acids is 1. The van der Waals surface area contributed by atoms with Crippen LogP contribution in [0.5, 0.6) is 0 Å². The predicted octanol–water partition coefficient (Wildman–Crippen LogP) is 2.55. The molecule has 0 aromatic carbocycles. The Hall–Kier alpha value is -0.570. The van der Waals surface area contributed by atoms with Crippen molar-refractivity contribution in [1.82, 2.24) is 5.32 Å². The molecule has 0 saturated heterocycles. The summed E-state index contributed by atoms with van der Waals surface area (Å²) in [4.78, 5) is 12.3. The zero-order valence-corrected chi connectivity index (χ0v) is 12.9. The monoisotopic (exact) mass is 254 g/mol. The predicted molar refractivity (Wildman–Crippen MR) is 76.1 cm³/mol. The van der Waals surface area contributed by atoms with Crippen LogP contribution in [0.4, 0.5) is 0 Å². The molecule has 0 bridgehead atoms. The van der Waals surface area contributed by atoms with E-state index in [1.807, 2.05) is 0 Å². The van der Waals surface area contributed by atoms with Crippen molar-refractivity contribution in [2.75, 3.05) is 13.1 Å². The second-order valence-electron chi connectivity index (χ2n) is 7.01. The second kappa shape index (κ2) is 4.84. The summed E-state index contributed by atoms with van der Waals surface area (Å²) in [5.41, 5.74) is 6.15. The smallest absolute Gasteiger partial charge is 0.224 e. The third-order valence-corrected chi connectivity index (χ3v) is 5.85. The van der Waals surface area contributed by atoms with E-state index in [9.17, 15) is 4.79 Å². The molecule has 106 valence electrons. The average molecular weight is 254 g/mol. The van der Waals surface area contributed by atoms with E-state index in [0.29, 0.717) is 13.1 Å². The number of nitrogens with two attached hydrogens (primary N) is 1. The first-order valence-electron chi connectivity index (χ1n) is 7.16. The molecule has 0 aromatic heterocycles. The van der Waals surface area contributed by atoms with E-state index in [1.165, 1.54) is 0 Å². The normalized spacial score (nSPS) is 21.7. The zero-order chi connectivity index (χ0) is 14.2. The van der Waals surface area contributed by atoms with Gasteiger partial charge in [0.15, 0.2) is 0 Å². The van der Waals surface area contributed by atoms with Gasteiger partial charge in [0.1, 0.15) is 0 Å². The highest BCUT2D eigenvalue weighted by Crippen LogP contribution is 2.68. The zero-order valence-electron chi connectivity index (χ0n) is 12.9. The number of carbonyl (C=O) groups is 1. The van der Waals surface area contributed by atoms with Gasteiger partial charge in [-0.05, 0) is 35.6 Å². The Balaban J connectivity index is 2.58. The third-order valence-electron chi connectivity index (χ3n) is 5.85. The minimum absolute atomic E-state index is 0.0683. The Morgan fingerprint density at radius 1 is 1.17 bits per heavy atom. The molecule has 0 heterocycles.